The van der Waals surface area contributed by atoms with Crippen LogP contribution in [-0.4, -0.2) is 51.3 Å². The van der Waals surface area contributed by atoms with Crippen molar-refractivity contribution in [3.63, 3.8) is 0 Å². The second-order valence-corrected chi connectivity index (χ2v) is 6.48. The normalized spacial score (nSPS) is 22.9. The topological polar surface area (TPSA) is 67.4 Å². The van der Waals surface area contributed by atoms with Crippen LogP contribution in [0.2, 0.25) is 0 Å². The lowest BCUT2D eigenvalue weighted by molar-refractivity contribution is 0.195. The van der Waals surface area contributed by atoms with E-state index in [0.29, 0.717) is 18.1 Å². The average Bonchev–Trinajstić information content (AvgIpc) is 2.53. The molecule has 0 aromatic carbocycles. The molecule has 1 unspecified atom stereocenters. The molecule has 0 aliphatic carbocycles. The number of rotatable bonds is 5. The summed E-state index contributed by atoms with van der Waals surface area (Å²) in [6.07, 6.45) is 1.52. The predicted octanol–water partition coefficient (Wildman–Crippen LogP) is -0.326. The lowest BCUT2D eigenvalue weighted by atomic mass is 10.3. The zero-order valence-electron chi connectivity index (χ0n) is 9.36. The SMILES string of the molecule is COCCCNC(=S)NC1CCS(=O)(=O)C1. The fourth-order valence-corrected chi connectivity index (χ4v) is 3.51. The van der Waals surface area contributed by atoms with Crippen LogP contribution in [0, 0.1) is 0 Å². The highest BCUT2D eigenvalue weighted by molar-refractivity contribution is 7.91. The zero-order valence-corrected chi connectivity index (χ0v) is 11.0. The molecule has 0 aromatic heterocycles. The third-order valence-corrected chi connectivity index (χ3v) is 4.41. The molecule has 0 aromatic rings. The predicted molar refractivity (Wildman–Crippen MR) is 67.3 cm³/mol. The van der Waals surface area contributed by atoms with Crippen molar-refractivity contribution in [1.82, 2.24) is 10.6 Å². The van der Waals surface area contributed by atoms with E-state index in [-0.39, 0.29) is 17.5 Å². The number of methoxy groups -OCH3 is 1. The van der Waals surface area contributed by atoms with Crippen molar-refractivity contribution >= 4 is 27.2 Å². The Morgan fingerprint density at radius 3 is 2.88 bits per heavy atom. The molecule has 1 atom stereocenters. The molecular weight excluding hydrogens is 248 g/mol. The minimum atomic E-state index is -2.84. The Kier molecular flexibility index (Phi) is 5.43. The Hall–Kier alpha value is -0.400. The molecule has 16 heavy (non-hydrogen) atoms. The van der Waals surface area contributed by atoms with Gasteiger partial charge in [0.2, 0.25) is 0 Å². The summed E-state index contributed by atoms with van der Waals surface area (Å²) in [7, 11) is -1.19. The van der Waals surface area contributed by atoms with Crippen LogP contribution in [-0.2, 0) is 14.6 Å². The number of hydrogen-bond acceptors (Lipinski definition) is 4. The molecule has 1 rings (SSSR count). The summed E-state index contributed by atoms with van der Waals surface area (Å²) < 4.78 is 27.3. The first-order chi connectivity index (χ1) is 7.53. The fourth-order valence-electron chi connectivity index (χ4n) is 1.56. The van der Waals surface area contributed by atoms with E-state index < -0.39 is 9.84 Å². The zero-order chi connectivity index (χ0) is 12.0. The molecule has 1 aliphatic heterocycles. The second kappa shape index (κ2) is 6.36. The first-order valence-corrected chi connectivity index (χ1v) is 7.50. The van der Waals surface area contributed by atoms with Gasteiger partial charge in [0.1, 0.15) is 0 Å². The van der Waals surface area contributed by atoms with Gasteiger partial charge >= 0.3 is 0 Å². The average molecular weight is 266 g/mol. The summed E-state index contributed by atoms with van der Waals surface area (Å²) in [6, 6.07) is -0.0348. The standard InChI is InChI=1S/C9H18N2O3S2/c1-14-5-2-4-10-9(15)11-8-3-6-16(12,13)7-8/h8H,2-7H2,1H3,(H2,10,11,15). The number of ether oxygens (including phenoxy) is 1. The van der Waals surface area contributed by atoms with E-state index in [1.165, 1.54) is 0 Å². The van der Waals surface area contributed by atoms with E-state index in [0.717, 1.165) is 13.0 Å². The summed E-state index contributed by atoms with van der Waals surface area (Å²) in [4.78, 5) is 0. The van der Waals surface area contributed by atoms with Crippen LogP contribution in [0.5, 0.6) is 0 Å². The lowest BCUT2D eigenvalue weighted by Gasteiger charge is -2.14. The van der Waals surface area contributed by atoms with Crippen molar-refractivity contribution in [2.24, 2.45) is 0 Å². The molecule has 94 valence electrons. The summed E-state index contributed by atoms with van der Waals surface area (Å²) in [6.45, 7) is 1.42. The molecule has 1 fully saturated rings. The van der Waals surface area contributed by atoms with Crippen LogP contribution in [0.3, 0.4) is 0 Å². The van der Waals surface area contributed by atoms with Crippen molar-refractivity contribution in [2.45, 2.75) is 18.9 Å². The van der Waals surface area contributed by atoms with Gasteiger partial charge in [-0.1, -0.05) is 0 Å². The molecule has 0 spiro atoms. The van der Waals surface area contributed by atoms with Crippen LogP contribution in [0.1, 0.15) is 12.8 Å². The molecule has 0 saturated carbocycles. The number of thiocarbonyl (C=S) groups is 1. The molecule has 0 radical (unpaired) electrons. The molecule has 1 saturated heterocycles. The van der Waals surface area contributed by atoms with Gasteiger partial charge in [-0.15, -0.1) is 0 Å². The third-order valence-electron chi connectivity index (χ3n) is 2.38. The maximum atomic E-state index is 11.2. The van der Waals surface area contributed by atoms with E-state index in [1.807, 2.05) is 0 Å². The highest BCUT2D eigenvalue weighted by atomic mass is 32.2. The summed E-state index contributed by atoms with van der Waals surface area (Å²) in [5.41, 5.74) is 0. The molecule has 1 heterocycles. The van der Waals surface area contributed by atoms with Crippen LogP contribution in [0.15, 0.2) is 0 Å². The van der Waals surface area contributed by atoms with Crippen molar-refractivity contribution < 1.29 is 13.2 Å². The van der Waals surface area contributed by atoms with E-state index in [4.69, 9.17) is 17.0 Å². The Balaban J connectivity index is 2.15. The van der Waals surface area contributed by atoms with Gasteiger partial charge < -0.3 is 15.4 Å². The minimum Gasteiger partial charge on any atom is -0.385 e. The van der Waals surface area contributed by atoms with E-state index in [1.54, 1.807) is 7.11 Å². The van der Waals surface area contributed by atoms with Gasteiger partial charge in [0.15, 0.2) is 14.9 Å². The summed E-state index contributed by atoms with van der Waals surface area (Å²) >= 11 is 5.06. The van der Waals surface area contributed by atoms with E-state index in [9.17, 15) is 8.42 Å². The Bertz CT molecular complexity index is 330. The Labute approximate surface area is 102 Å². The third kappa shape index (κ3) is 5.09. The van der Waals surface area contributed by atoms with Crippen molar-refractivity contribution in [2.75, 3.05) is 31.8 Å². The molecule has 0 amide bonds. The molecule has 5 nitrogen and oxygen atoms in total. The molecule has 2 N–H and O–H groups in total. The summed E-state index contributed by atoms with van der Waals surface area (Å²) in [5.74, 6) is 0.448. The minimum absolute atomic E-state index is 0.0348. The van der Waals surface area contributed by atoms with Gasteiger partial charge in [-0.2, -0.15) is 0 Å². The van der Waals surface area contributed by atoms with Gasteiger partial charge in [-0.25, -0.2) is 8.42 Å². The summed E-state index contributed by atoms with van der Waals surface area (Å²) in [5, 5.41) is 6.56. The van der Waals surface area contributed by atoms with Gasteiger partial charge in [0.05, 0.1) is 11.5 Å². The first kappa shape index (κ1) is 13.7. The smallest absolute Gasteiger partial charge is 0.166 e. The van der Waals surface area contributed by atoms with Crippen LogP contribution >= 0.6 is 12.2 Å². The van der Waals surface area contributed by atoms with Gasteiger partial charge in [-0.3, -0.25) is 0 Å². The molecule has 7 heteroatoms. The Morgan fingerprint density at radius 2 is 2.31 bits per heavy atom. The van der Waals surface area contributed by atoms with Gasteiger partial charge in [0, 0.05) is 26.3 Å². The number of nitrogens with one attached hydrogen (secondary N) is 2. The molecule has 0 bridgehead atoms. The second-order valence-electron chi connectivity index (χ2n) is 3.85. The fraction of sp³-hybridized carbons (Fsp3) is 0.889. The van der Waals surface area contributed by atoms with Gasteiger partial charge in [0.25, 0.3) is 0 Å². The Morgan fingerprint density at radius 1 is 1.56 bits per heavy atom. The van der Waals surface area contributed by atoms with Crippen molar-refractivity contribution in [3.05, 3.63) is 0 Å². The number of sulfone groups is 1. The quantitative estimate of drug-likeness (QED) is 0.525. The van der Waals surface area contributed by atoms with Crippen LogP contribution in [0.4, 0.5) is 0 Å². The monoisotopic (exact) mass is 266 g/mol. The largest absolute Gasteiger partial charge is 0.385 e. The van der Waals surface area contributed by atoms with Crippen molar-refractivity contribution in [1.29, 1.82) is 0 Å². The highest BCUT2D eigenvalue weighted by Crippen LogP contribution is 2.10. The maximum Gasteiger partial charge on any atom is 0.166 e. The van der Waals surface area contributed by atoms with Crippen LogP contribution in [0.25, 0.3) is 0 Å². The van der Waals surface area contributed by atoms with Crippen LogP contribution < -0.4 is 10.6 Å². The first-order valence-electron chi connectivity index (χ1n) is 5.27. The lowest BCUT2D eigenvalue weighted by Crippen LogP contribution is -2.42. The van der Waals surface area contributed by atoms with Crippen molar-refractivity contribution in [3.8, 4) is 0 Å². The molecule has 1 aliphatic rings. The van der Waals surface area contributed by atoms with E-state index >= 15 is 0 Å². The highest BCUT2D eigenvalue weighted by Gasteiger charge is 2.27. The number of hydrogen-bond donors (Lipinski definition) is 2. The van der Waals surface area contributed by atoms with E-state index in [2.05, 4.69) is 10.6 Å². The van der Waals surface area contributed by atoms with Gasteiger partial charge in [-0.05, 0) is 25.1 Å². The molecular formula is C9H18N2O3S2. The maximum absolute atomic E-state index is 11.2.